The van der Waals surface area contributed by atoms with Crippen molar-refractivity contribution in [3.05, 3.63) is 42.0 Å². The zero-order chi connectivity index (χ0) is 20.0. The molecular weight excluding hydrogens is 365 g/mol. The van der Waals surface area contributed by atoms with E-state index < -0.39 is 12.1 Å². The van der Waals surface area contributed by atoms with Gasteiger partial charge in [0.1, 0.15) is 0 Å². The molecule has 0 spiro atoms. The second kappa shape index (κ2) is 9.34. The highest BCUT2D eigenvalue weighted by Gasteiger charge is 2.41. The topological polar surface area (TPSA) is 39.7 Å². The summed E-state index contributed by atoms with van der Waals surface area (Å²) in [5.41, 5.74) is 2.30. The van der Waals surface area contributed by atoms with Crippen molar-refractivity contribution < 1.29 is 13.2 Å². The van der Waals surface area contributed by atoms with Gasteiger partial charge in [0.25, 0.3) is 0 Å². The van der Waals surface area contributed by atoms with Gasteiger partial charge in [-0.05, 0) is 50.3 Å². The molecule has 1 aliphatic heterocycles. The minimum Gasteiger partial charge on any atom is -0.364 e. The van der Waals surface area contributed by atoms with Crippen molar-refractivity contribution in [2.75, 3.05) is 24.5 Å². The average Bonchev–Trinajstić information content (AvgIpc) is 3.21. The number of rotatable bonds is 5. The lowest BCUT2D eigenvalue weighted by atomic mass is 9.85. The van der Waals surface area contributed by atoms with Crippen LogP contribution in [0.15, 0.2) is 41.4 Å². The Morgan fingerprint density at radius 3 is 2.29 bits per heavy atom. The molecule has 7 heteroatoms. The second-order valence-corrected chi connectivity index (χ2v) is 7.47. The van der Waals surface area contributed by atoms with Crippen LogP contribution in [0.4, 0.5) is 18.9 Å². The number of alkyl halides is 3. The van der Waals surface area contributed by atoms with Gasteiger partial charge in [0, 0.05) is 31.4 Å². The molecule has 28 heavy (non-hydrogen) atoms. The van der Waals surface area contributed by atoms with Crippen molar-refractivity contribution in [1.29, 1.82) is 0 Å². The van der Waals surface area contributed by atoms with Crippen LogP contribution in [-0.2, 0) is 6.54 Å². The van der Waals surface area contributed by atoms with Crippen molar-refractivity contribution in [3.63, 3.8) is 0 Å². The number of halogens is 3. The SMILES string of the molecule is CCNC(=NCc1ccc(N2CC=CC2)cc1)NC1CCC(C(F)(F)F)CC1. The van der Waals surface area contributed by atoms with E-state index in [1.807, 2.05) is 6.92 Å². The van der Waals surface area contributed by atoms with Crippen molar-refractivity contribution in [1.82, 2.24) is 10.6 Å². The molecule has 2 aliphatic rings. The molecule has 0 saturated heterocycles. The van der Waals surface area contributed by atoms with Gasteiger partial charge in [-0.15, -0.1) is 0 Å². The minimum atomic E-state index is -4.07. The fourth-order valence-corrected chi connectivity index (χ4v) is 3.75. The molecular formula is C21H29F3N4. The van der Waals surface area contributed by atoms with Crippen molar-refractivity contribution in [2.45, 2.75) is 51.4 Å². The molecule has 4 nitrogen and oxygen atoms in total. The van der Waals surface area contributed by atoms with E-state index in [1.54, 1.807) is 0 Å². The van der Waals surface area contributed by atoms with E-state index in [4.69, 9.17) is 0 Å². The molecule has 0 aromatic heterocycles. The molecule has 0 amide bonds. The first-order chi connectivity index (χ1) is 13.5. The Morgan fingerprint density at radius 2 is 1.71 bits per heavy atom. The summed E-state index contributed by atoms with van der Waals surface area (Å²) in [4.78, 5) is 6.91. The molecule has 0 atom stereocenters. The van der Waals surface area contributed by atoms with Crippen LogP contribution in [0.5, 0.6) is 0 Å². The van der Waals surface area contributed by atoms with Gasteiger partial charge in [-0.1, -0.05) is 24.3 Å². The van der Waals surface area contributed by atoms with Gasteiger partial charge in [-0.25, -0.2) is 4.99 Å². The maximum absolute atomic E-state index is 12.8. The number of hydrogen-bond acceptors (Lipinski definition) is 2. The van der Waals surface area contributed by atoms with E-state index in [0.717, 1.165) is 18.7 Å². The summed E-state index contributed by atoms with van der Waals surface area (Å²) in [5.74, 6) is -0.486. The highest BCUT2D eigenvalue weighted by Crippen LogP contribution is 2.37. The summed E-state index contributed by atoms with van der Waals surface area (Å²) in [7, 11) is 0. The number of aliphatic imine (C=N–C) groups is 1. The van der Waals surface area contributed by atoms with Gasteiger partial charge in [-0.3, -0.25) is 0 Å². The fraction of sp³-hybridized carbons (Fsp3) is 0.571. The summed E-state index contributed by atoms with van der Waals surface area (Å²) in [6, 6.07) is 8.42. The van der Waals surface area contributed by atoms with Crippen molar-refractivity contribution in [3.8, 4) is 0 Å². The zero-order valence-electron chi connectivity index (χ0n) is 16.3. The number of nitrogens with zero attached hydrogens (tertiary/aromatic N) is 2. The molecule has 2 N–H and O–H groups in total. The standard InChI is InChI=1S/C21H29F3N4/c1-2-25-20(27-18-9-7-17(8-10-18)21(22,23)24)26-15-16-5-11-19(12-6-16)28-13-3-4-14-28/h3-6,11-12,17-18H,2,7-10,13-15H2,1H3,(H2,25,26,27). The van der Waals surface area contributed by atoms with Crippen molar-refractivity contribution in [2.24, 2.45) is 10.9 Å². The largest absolute Gasteiger partial charge is 0.391 e. The Balaban J connectivity index is 1.52. The molecule has 1 fully saturated rings. The van der Waals surface area contributed by atoms with Crippen molar-refractivity contribution >= 4 is 11.6 Å². The average molecular weight is 394 g/mol. The molecule has 0 radical (unpaired) electrons. The van der Waals surface area contributed by atoms with Gasteiger partial charge in [-0.2, -0.15) is 13.2 Å². The van der Waals surface area contributed by atoms with Gasteiger partial charge in [0.15, 0.2) is 5.96 Å². The van der Waals surface area contributed by atoms with E-state index in [9.17, 15) is 13.2 Å². The van der Waals surface area contributed by atoms with E-state index in [2.05, 4.69) is 56.9 Å². The Kier molecular flexibility index (Phi) is 6.86. The van der Waals surface area contributed by atoms with Gasteiger partial charge < -0.3 is 15.5 Å². The summed E-state index contributed by atoms with van der Waals surface area (Å²) in [6.07, 6.45) is 1.67. The molecule has 1 saturated carbocycles. The molecule has 1 aromatic carbocycles. The van der Waals surface area contributed by atoms with Crippen LogP contribution >= 0.6 is 0 Å². The molecule has 0 bridgehead atoms. The second-order valence-electron chi connectivity index (χ2n) is 7.47. The summed E-state index contributed by atoms with van der Waals surface area (Å²) in [6.45, 7) is 5.12. The van der Waals surface area contributed by atoms with Crippen LogP contribution < -0.4 is 15.5 Å². The third-order valence-electron chi connectivity index (χ3n) is 5.41. The van der Waals surface area contributed by atoms with Gasteiger partial charge in [0.2, 0.25) is 0 Å². The van der Waals surface area contributed by atoms with Gasteiger partial charge >= 0.3 is 6.18 Å². The van der Waals surface area contributed by atoms with Crippen LogP contribution in [0.2, 0.25) is 0 Å². The number of benzene rings is 1. The highest BCUT2D eigenvalue weighted by molar-refractivity contribution is 5.80. The lowest BCUT2D eigenvalue weighted by Crippen LogP contribution is -2.45. The quantitative estimate of drug-likeness (QED) is 0.446. The fourth-order valence-electron chi connectivity index (χ4n) is 3.75. The molecule has 0 unspecified atom stereocenters. The Hall–Kier alpha value is -2.18. The lowest BCUT2D eigenvalue weighted by Gasteiger charge is -2.31. The third kappa shape index (κ3) is 5.66. The van der Waals surface area contributed by atoms with Crippen LogP contribution in [0, 0.1) is 5.92 Å². The first-order valence-electron chi connectivity index (χ1n) is 10.1. The third-order valence-corrected chi connectivity index (χ3v) is 5.41. The molecule has 1 aliphatic carbocycles. The molecule has 1 aromatic rings. The Bertz CT molecular complexity index is 666. The Morgan fingerprint density at radius 1 is 1.07 bits per heavy atom. The van der Waals surface area contributed by atoms with Crippen LogP contribution in [0.25, 0.3) is 0 Å². The summed E-state index contributed by atoms with van der Waals surface area (Å²) in [5, 5.41) is 6.51. The lowest BCUT2D eigenvalue weighted by molar-refractivity contribution is -0.182. The molecule has 3 rings (SSSR count). The zero-order valence-corrected chi connectivity index (χ0v) is 16.3. The predicted octanol–water partition coefficient (Wildman–Crippen LogP) is 4.24. The first-order valence-corrected chi connectivity index (χ1v) is 10.1. The smallest absolute Gasteiger partial charge is 0.364 e. The summed E-state index contributed by atoms with van der Waals surface area (Å²) >= 11 is 0. The van der Waals surface area contributed by atoms with E-state index in [0.29, 0.717) is 31.9 Å². The van der Waals surface area contributed by atoms with Gasteiger partial charge in [0.05, 0.1) is 12.5 Å². The Labute approximate surface area is 164 Å². The van der Waals surface area contributed by atoms with Crippen LogP contribution in [0.3, 0.4) is 0 Å². The maximum Gasteiger partial charge on any atom is 0.391 e. The minimum absolute atomic E-state index is 0.0430. The molecule has 1 heterocycles. The van der Waals surface area contributed by atoms with Crippen LogP contribution in [0.1, 0.15) is 38.2 Å². The van der Waals surface area contributed by atoms with E-state index in [1.165, 1.54) is 5.69 Å². The normalized spacial score (nSPS) is 23.1. The maximum atomic E-state index is 12.8. The summed E-state index contributed by atoms with van der Waals surface area (Å²) < 4.78 is 38.5. The first kappa shape index (κ1) is 20.6. The predicted molar refractivity (Wildman–Crippen MR) is 108 cm³/mol. The molecule has 154 valence electrons. The monoisotopic (exact) mass is 394 g/mol. The number of nitrogens with one attached hydrogen (secondary N) is 2. The van der Waals surface area contributed by atoms with E-state index in [-0.39, 0.29) is 18.9 Å². The highest BCUT2D eigenvalue weighted by atomic mass is 19.4. The number of anilines is 1. The van der Waals surface area contributed by atoms with E-state index >= 15 is 0 Å². The number of hydrogen-bond donors (Lipinski definition) is 2. The number of guanidine groups is 1. The van der Waals surface area contributed by atoms with Crippen LogP contribution in [-0.4, -0.2) is 37.8 Å².